The summed E-state index contributed by atoms with van der Waals surface area (Å²) in [7, 11) is -3.80. The molecular weight excluding hydrogens is 288 g/mol. The van der Waals surface area contributed by atoms with E-state index in [-0.39, 0.29) is 35.5 Å². The second-order valence-electron chi connectivity index (χ2n) is 4.10. The second kappa shape index (κ2) is 6.44. The summed E-state index contributed by atoms with van der Waals surface area (Å²) in [6.45, 7) is 1.45. The van der Waals surface area contributed by atoms with Crippen LogP contribution in [-0.4, -0.2) is 31.0 Å². The maximum Gasteiger partial charge on any atom is 0.303 e. The molecule has 0 radical (unpaired) electrons. The van der Waals surface area contributed by atoms with Gasteiger partial charge in [-0.3, -0.25) is 14.9 Å². The summed E-state index contributed by atoms with van der Waals surface area (Å²) in [6, 6.07) is 3.44. The third-order valence-electron chi connectivity index (χ3n) is 2.52. The zero-order chi connectivity index (χ0) is 15.3. The number of hydrogen-bond donors (Lipinski definition) is 2. The van der Waals surface area contributed by atoms with Crippen LogP contribution in [0, 0.1) is 17.0 Å². The normalized spacial score (nSPS) is 11.2. The number of sulfonamides is 1. The van der Waals surface area contributed by atoms with Crippen LogP contribution in [0.3, 0.4) is 0 Å². The van der Waals surface area contributed by atoms with Gasteiger partial charge in [0, 0.05) is 25.1 Å². The number of aryl methyl sites for hydroxylation is 1. The molecule has 9 heteroatoms. The Labute approximate surface area is 115 Å². The van der Waals surface area contributed by atoms with Gasteiger partial charge < -0.3 is 5.11 Å². The summed E-state index contributed by atoms with van der Waals surface area (Å²) in [5.74, 6) is -1.00. The first-order chi connectivity index (χ1) is 9.24. The smallest absolute Gasteiger partial charge is 0.303 e. The summed E-state index contributed by atoms with van der Waals surface area (Å²) < 4.78 is 26.2. The van der Waals surface area contributed by atoms with Gasteiger partial charge in [0.25, 0.3) is 5.69 Å². The molecule has 0 bridgehead atoms. The lowest BCUT2D eigenvalue weighted by Gasteiger charge is -2.08. The van der Waals surface area contributed by atoms with Crippen molar-refractivity contribution in [3.05, 3.63) is 33.9 Å². The molecule has 0 aliphatic rings. The van der Waals surface area contributed by atoms with Crippen LogP contribution in [0.5, 0.6) is 0 Å². The fourth-order valence-corrected chi connectivity index (χ4v) is 2.87. The molecule has 0 spiro atoms. The summed E-state index contributed by atoms with van der Waals surface area (Å²) in [6.07, 6.45) is 0.0301. The number of carboxylic acid groups (broad SMARTS) is 1. The average molecular weight is 302 g/mol. The Morgan fingerprint density at radius 3 is 2.60 bits per heavy atom. The van der Waals surface area contributed by atoms with Gasteiger partial charge >= 0.3 is 5.97 Å². The number of benzene rings is 1. The van der Waals surface area contributed by atoms with E-state index < -0.39 is 20.9 Å². The molecule has 1 aromatic carbocycles. The van der Waals surface area contributed by atoms with Crippen molar-refractivity contribution >= 4 is 21.7 Å². The van der Waals surface area contributed by atoms with E-state index in [1.807, 2.05) is 0 Å². The van der Waals surface area contributed by atoms with E-state index >= 15 is 0 Å². The Morgan fingerprint density at radius 1 is 1.45 bits per heavy atom. The number of nitrogens with zero attached hydrogens (tertiary/aromatic N) is 1. The largest absolute Gasteiger partial charge is 0.481 e. The highest BCUT2D eigenvalue weighted by Gasteiger charge is 2.18. The zero-order valence-corrected chi connectivity index (χ0v) is 11.5. The van der Waals surface area contributed by atoms with E-state index in [4.69, 9.17) is 5.11 Å². The first kappa shape index (κ1) is 16.1. The number of hydrogen-bond acceptors (Lipinski definition) is 5. The lowest BCUT2D eigenvalue weighted by atomic mass is 10.2. The van der Waals surface area contributed by atoms with E-state index in [1.165, 1.54) is 13.0 Å². The maximum atomic E-state index is 12.0. The molecule has 0 aliphatic heterocycles. The van der Waals surface area contributed by atoms with Gasteiger partial charge in [0.2, 0.25) is 10.0 Å². The van der Waals surface area contributed by atoms with Gasteiger partial charge in [-0.15, -0.1) is 0 Å². The van der Waals surface area contributed by atoms with E-state index in [1.54, 1.807) is 0 Å². The van der Waals surface area contributed by atoms with E-state index in [2.05, 4.69) is 4.72 Å². The quantitative estimate of drug-likeness (QED) is 0.440. The van der Waals surface area contributed by atoms with E-state index in [0.717, 1.165) is 12.1 Å². The molecule has 0 unspecified atom stereocenters. The Kier molecular flexibility index (Phi) is 5.17. The Bertz CT molecular complexity index is 626. The van der Waals surface area contributed by atoms with Crippen molar-refractivity contribution in [2.24, 2.45) is 0 Å². The number of aliphatic carboxylic acids is 1. The summed E-state index contributed by atoms with van der Waals surface area (Å²) >= 11 is 0. The monoisotopic (exact) mass is 302 g/mol. The molecule has 0 saturated carbocycles. The number of nitro benzene ring substituents is 1. The van der Waals surface area contributed by atoms with Gasteiger partial charge in [-0.1, -0.05) is 0 Å². The summed E-state index contributed by atoms with van der Waals surface area (Å²) in [4.78, 5) is 20.2. The topological polar surface area (TPSA) is 127 Å². The molecule has 0 atom stereocenters. The van der Waals surface area contributed by atoms with Crippen molar-refractivity contribution in [2.45, 2.75) is 24.7 Å². The van der Waals surface area contributed by atoms with Crippen molar-refractivity contribution in [2.75, 3.05) is 6.54 Å². The Morgan fingerprint density at radius 2 is 2.10 bits per heavy atom. The lowest BCUT2D eigenvalue weighted by Crippen LogP contribution is -2.25. The molecule has 2 N–H and O–H groups in total. The van der Waals surface area contributed by atoms with Crippen molar-refractivity contribution in [3.8, 4) is 0 Å². The highest BCUT2D eigenvalue weighted by molar-refractivity contribution is 7.89. The van der Waals surface area contributed by atoms with Crippen LogP contribution < -0.4 is 4.72 Å². The molecule has 0 fully saturated rings. The number of nitrogens with one attached hydrogen (secondary N) is 1. The molecule has 8 nitrogen and oxygen atoms in total. The van der Waals surface area contributed by atoms with E-state index in [0.29, 0.717) is 0 Å². The van der Waals surface area contributed by atoms with Crippen LogP contribution in [0.15, 0.2) is 23.1 Å². The van der Waals surface area contributed by atoms with Crippen LogP contribution in [0.1, 0.15) is 18.4 Å². The Hall–Kier alpha value is -2.00. The number of nitro groups is 1. The molecule has 0 heterocycles. The number of rotatable bonds is 7. The van der Waals surface area contributed by atoms with Gasteiger partial charge in [0.15, 0.2) is 0 Å². The third kappa shape index (κ3) is 4.28. The minimum Gasteiger partial charge on any atom is -0.481 e. The molecular formula is C11H14N2O6S. The van der Waals surface area contributed by atoms with Crippen LogP contribution in [0.25, 0.3) is 0 Å². The average Bonchev–Trinajstić information content (AvgIpc) is 2.34. The molecule has 0 saturated heterocycles. The first-order valence-corrected chi connectivity index (χ1v) is 7.19. The molecule has 110 valence electrons. The minimum atomic E-state index is -3.80. The van der Waals surface area contributed by atoms with Crippen molar-refractivity contribution in [1.29, 1.82) is 0 Å². The highest BCUT2D eigenvalue weighted by Crippen LogP contribution is 2.20. The molecule has 0 amide bonds. The van der Waals surface area contributed by atoms with Gasteiger partial charge in [-0.25, -0.2) is 13.1 Å². The third-order valence-corrected chi connectivity index (χ3v) is 4.14. The molecule has 0 aromatic heterocycles. The summed E-state index contributed by atoms with van der Waals surface area (Å²) in [5, 5.41) is 19.0. The zero-order valence-electron chi connectivity index (χ0n) is 10.7. The molecule has 1 rings (SSSR count). The molecule has 1 aromatic rings. The van der Waals surface area contributed by atoms with Crippen LogP contribution >= 0.6 is 0 Å². The van der Waals surface area contributed by atoms with Crippen LogP contribution in [-0.2, 0) is 14.8 Å². The van der Waals surface area contributed by atoms with Gasteiger partial charge in [-0.05, 0) is 25.0 Å². The van der Waals surface area contributed by atoms with Gasteiger partial charge in [0.1, 0.15) is 0 Å². The van der Waals surface area contributed by atoms with Crippen molar-refractivity contribution in [1.82, 2.24) is 4.72 Å². The number of carboxylic acids is 1. The number of carbonyl (C=O) groups is 1. The van der Waals surface area contributed by atoms with E-state index in [9.17, 15) is 23.3 Å². The van der Waals surface area contributed by atoms with Gasteiger partial charge in [-0.2, -0.15) is 0 Å². The SMILES string of the molecule is Cc1cc([N+](=O)[O-])ccc1S(=O)(=O)NCCCC(=O)O. The lowest BCUT2D eigenvalue weighted by molar-refractivity contribution is -0.385. The fraction of sp³-hybridized carbons (Fsp3) is 0.364. The predicted octanol–water partition coefficient (Wildman–Crippen LogP) is 1.05. The van der Waals surface area contributed by atoms with Crippen molar-refractivity contribution < 1.29 is 23.2 Å². The minimum absolute atomic E-state index is 0.00887. The van der Waals surface area contributed by atoms with Crippen molar-refractivity contribution in [3.63, 3.8) is 0 Å². The first-order valence-electron chi connectivity index (χ1n) is 5.70. The molecule has 0 aliphatic carbocycles. The standard InChI is InChI=1S/C11H14N2O6S/c1-8-7-9(13(16)17)4-5-10(8)20(18,19)12-6-2-3-11(14)15/h4-5,7,12H,2-3,6H2,1H3,(H,14,15). The maximum absolute atomic E-state index is 12.0. The van der Waals surface area contributed by atoms with Crippen LogP contribution in [0.2, 0.25) is 0 Å². The van der Waals surface area contributed by atoms with Gasteiger partial charge in [0.05, 0.1) is 9.82 Å². The predicted molar refractivity (Wildman–Crippen MR) is 69.9 cm³/mol. The Balaban J connectivity index is 2.82. The summed E-state index contributed by atoms with van der Waals surface area (Å²) in [5.41, 5.74) is 0.0669. The fourth-order valence-electron chi connectivity index (χ4n) is 1.57. The van der Waals surface area contributed by atoms with Crippen LogP contribution in [0.4, 0.5) is 5.69 Å². The highest BCUT2D eigenvalue weighted by atomic mass is 32.2. The number of non-ortho nitro benzene ring substituents is 1. The second-order valence-corrected chi connectivity index (χ2v) is 5.84. The molecule has 20 heavy (non-hydrogen) atoms.